The molecule has 10 nitrogen and oxygen atoms in total. The molecule has 1 aliphatic heterocycles. The van der Waals surface area contributed by atoms with Gasteiger partial charge in [-0.25, -0.2) is 19.9 Å². The van der Waals surface area contributed by atoms with Crippen LogP contribution in [0.5, 0.6) is 0 Å². The first kappa shape index (κ1) is 35.1. The van der Waals surface area contributed by atoms with E-state index in [0.29, 0.717) is 79.3 Å². The summed E-state index contributed by atoms with van der Waals surface area (Å²) in [5.41, 5.74) is 7.82. The lowest BCUT2D eigenvalue weighted by Crippen LogP contribution is -2.09. The number of ether oxygens (including phenoxy) is 6. The molecule has 5 heterocycles. The Hall–Kier alpha value is -3.28. The summed E-state index contributed by atoms with van der Waals surface area (Å²) in [5, 5.41) is 12.0. The van der Waals surface area contributed by atoms with Crippen LogP contribution in [0.25, 0.3) is 42.3 Å². The first-order chi connectivity index (χ1) is 24.8. The summed E-state index contributed by atoms with van der Waals surface area (Å²) < 4.78 is 34.7. The van der Waals surface area contributed by atoms with E-state index >= 15 is 0 Å². The van der Waals surface area contributed by atoms with E-state index in [4.69, 9.17) is 48.4 Å². The van der Waals surface area contributed by atoms with E-state index in [2.05, 4.69) is 36.4 Å². The molecule has 0 unspecified atom stereocenters. The van der Waals surface area contributed by atoms with E-state index in [0.717, 1.165) is 65.1 Å². The van der Waals surface area contributed by atoms with Crippen LogP contribution in [0.4, 0.5) is 0 Å². The minimum absolute atomic E-state index is 0.435. The van der Waals surface area contributed by atoms with Crippen molar-refractivity contribution in [2.45, 2.75) is 26.4 Å². The molecule has 260 valence electrons. The van der Waals surface area contributed by atoms with Gasteiger partial charge in [-0.15, -0.1) is 45.3 Å². The molecule has 12 bridgehead atoms. The number of benzene rings is 2. The molecule has 1 aliphatic rings. The topological polar surface area (TPSA) is 107 Å². The van der Waals surface area contributed by atoms with E-state index in [9.17, 15) is 0 Å². The average molecular weight is 749 g/mol. The Morgan fingerprint density at radius 3 is 0.900 bits per heavy atom. The van der Waals surface area contributed by atoms with Crippen molar-refractivity contribution in [2.24, 2.45) is 0 Å². The van der Waals surface area contributed by atoms with Gasteiger partial charge in [0.2, 0.25) is 0 Å². The Kier molecular flexibility index (Phi) is 12.8. The predicted molar refractivity (Wildman–Crippen MR) is 198 cm³/mol. The summed E-state index contributed by atoms with van der Waals surface area (Å²) in [6.07, 6.45) is 0. The van der Waals surface area contributed by atoms with Crippen LogP contribution in [0.3, 0.4) is 0 Å². The summed E-state index contributed by atoms with van der Waals surface area (Å²) in [7, 11) is 0. The van der Waals surface area contributed by atoms with Gasteiger partial charge in [0.25, 0.3) is 0 Å². The Balaban J connectivity index is 0.951. The number of rotatable bonds is 0. The summed E-state index contributed by atoms with van der Waals surface area (Å²) in [4.78, 5) is 19.2. The molecular weight excluding hydrogens is 713 g/mol. The van der Waals surface area contributed by atoms with Gasteiger partial charge in [-0.2, -0.15) is 0 Å². The van der Waals surface area contributed by atoms with Crippen LogP contribution in [-0.4, -0.2) is 72.8 Å². The third-order valence-electron chi connectivity index (χ3n) is 7.41. The molecule has 0 aliphatic carbocycles. The zero-order chi connectivity index (χ0) is 33.8. The first-order valence-electron chi connectivity index (χ1n) is 16.2. The zero-order valence-corrected chi connectivity index (χ0v) is 30.6. The molecule has 0 radical (unpaired) electrons. The summed E-state index contributed by atoms with van der Waals surface area (Å²) in [5.74, 6) is 0. The molecule has 6 aromatic rings. The lowest BCUT2D eigenvalue weighted by Gasteiger charge is -2.06. The minimum atomic E-state index is 0.435. The molecule has 0 saturated heterocycles. The number of hydrogen-bond donors (Lipinski definition) is 0. The monoisotopic (exact) mass is 748 g/mol. The molecule has 0 atom stereocenters. The second kappa shape index (κ2) is 18.3. The maximum absolute atomic E-state index is 5.82. The zero-order valence-electron chi connectivity index (χ0n) is 27.3. The van der Waals surface area contributed by atoms with Crippen molar-refractivity contribution in [3.63, 3.8) is 0 Å². The molecule has 0 saturated carbocycles. The smallest absolute Gasteiger partial charge is 0.123 e. The van der Waals surface area contributed by atoms with Gasteiger partial charge in [0, 0.05) is 43.8 Å². The molecular formula is C36H36N4O6S4. The summed E-state index contributed by atoms with van der Waals surface area (Å²) in [6, 6.07) is 16.6. The quantitative estimate of drug-likeness (QED) is 0.152. The Morgan fingerprint density at radius 2 is 0.620 bits per heavy atom. The van der Waals surface area contributed by atoms with Crippen LogP contribution in [0.2, 0.25) is 0 Å². The van der Waals surface area contributed by atoms with Crippen LogP contribution in [0.15, 0.2) is 70.1 Å². The molecule has 14 heteroatoms. The highest BCUT2D eigenvalue weighted by atomic mass is 32.1. The van der Waals surface area contributed by atoms with E-state index in [1.807, 2.05) is 33.7 Å². The third-order valence-corrected chi connectivity index (χ3v) is 11.2. The van der Waals surface area contributed by atoms with Gasteiger partial charge in [0.05, 0.1) is 102 Å². The molecule has 0 spiro atoms. The van der Waals surface area contributed by atoms with Crippen LogP contribution in [0, 0.1) is 0 Å². The molecule has 2 aromatic carbocycles. The van der Waals surface area contributed by atoms with Gasteiger partial charge in [0.15, 0.2) is 0 Å². The fourth-order valence-corrected chi connectivity index (χ4v) is 8.18. The highest BCUT2D eigenvalue weighted by molar-refractivity contribution is 7.14. The predicted octanol–water partition coefficient (Wildman–Crippen LogP) is 7.99. The van der Waals surface area contributed by atoms with Crippen molar-refractivity contribution in [1.82, 2.24) is 19.9 Å². The minimum Gasteiger partial charge on any atom is -0.377 e. The third kappa shape index (κ3) is 9.94. The molecule has 0 fully saturated rings. The van der Waals surface area contributed by atoms with E-state index in [1.54, 1.807) is 45.3 Å². The van der Waals surface area contributed by atoms with Gasteiger partial charge in [-0.3, -0.25) is 0 Å². The van der Waals surface area contributed by atoms with Crippen LogP contribution in [0.1, 0.15) is 22.8 Å². The fraction of sp³-hybridized carbons (Fsp3) is 0.333. The van der Waals surface area contributed by atoms with E-state index in [-0.39, 0.29) is 0 Å². The number of fused-ring (bicyclic) bond motifs is 16. The highest BCUT2D eigenvalue weighted by Crippen LogP contribution is 2.32. The molecule has 0 N–H and O–H groups in total. The fourth-order valence-electron chi connectivity index (χ4n) is 4.98. The molecule has 7 rings (SSSR count). The van der Waals surface area contributed by atoms with Gasteiger partial charge < -0.3 is 28.4 Å². The van der Waals surface area contributed by atoms with Gasteiger partial charge in [0.1, 0.15) is 20.0 Å². The molecule has 50 heavy (non-hydrogen) atoms. The summed E-state index contributed by atoms with van der Waals surface area (Å²) in [6.45, 7) is 5.62. The number of thiazole rings is 4. The van der Waals surface area contributed by atoms with Crippen molar-refractivity contribution in [3.8, 4) is 42.3 Å². The molecule has 4 aromatic heterocycles. The SMILES string of the molecule is c1cc2cc(c1)-c1nc(cs1)COCCOCCOCc1csc(n1)-c1cccc(c1)-c1nc(cs1)COCCOCCOCc1csc-2n1. The van der Waals surface area contributed by atoms with Crippen molar-refractivity contribution in [2.75, 3.05) is 52.9 Å². The van der Waals surface area contributed by atoms with Crippen molar-refractivity contribution in [3.05, 3.63) is 92.8 Å². The maximum Gasteiger partial charge on any atom is 0.123 e. The normalized spacial score (nSPS) is 16.2. The van der Waals surface area contributed by atoms with Gasteiger partial charge >= 0.3 is 0 Å². The Morgan fingerprint density at radius 1 is 0.360 bits per heavy atom. The maximum atomic E-state index is 5.82. The summed E-state index contributed by atoms with van der Waals surface area (Å²) >= 11 is 6.43. The first-order valence-corrected chi connectivity index (χ1v) is 19.7. The van der Waals surface area contributed by atoms with E-state index < -0.39 is 0 Å². The van der Waals surface area contributed by atoms with Crippen LogP contribution < -0.4 is 0 Å². The van der Waals surface area contributed by atoms with E-state index in [1.165, 1.54) is 0 Å². The standard InChI is InChI=1S/C36H36N4O6S4/c1-3-25-15-26(4-1)34-38-30(22-48-34)18-44-12-8-42-10-14-46-20-32-24-50-36(40-32)28-6-2-5-27(16-28)35-39-31(23-49-35)19-45-13-9-41-7-11-43-17-29-21-47-33(25)37-29/h1-6,15-16,21-24H,7-14,17-20H2. The number of nitrogens with zero attached hydrogens (tertiary/aromatic N) is 4. The van der Waals surface area contributed by atoms with Gasteiger partial charge in [-0.1, -0.05) is 36.4 Å². The van der Waals surface area contributed by atoms with Crippen LogP contribution in [-0.2, 0) is 54.8 Å². The lowest BCUT2D eigenvalue weighted by atomic mass is 10.1. The lowest BCUT2D eigenvalue weighted by molar-refractivity contribution is 0.00618. The largest absolute Gasteiger partial charge is 0.377 e. The Bertz CT molecular complexity index is 1670. The van der Waals surface area contributed by atoms with Crippen molar-refractivity contribution < 1.29 is 28.4 Å². The van der Waals surface area contributed by atoms with Crippen molar-refractivity contribution in [1.29, 1.82) is 0 Å². The van der Waals surface area contributed by atoms with Gasteiger partial charge in [-0.05, 0) is 12.1 Å². The number of hydrogen-bond acceptors (Lipinski definition) is 14. The second-order valence-electron chi connectivity index (χ2n) is 11.2. The highest BCUT2D eigenvalue weighted by Gasteiger charge is 2.12. The Labute approximate surface area is 306 Å². The second-order valence-corrected chi connectivity index (χ2v) is 14.6. The van der Waals surface area contributed by atoms with Crippen LogP contribution >= 0.6 is 45.3 Å². The molecule has 0 amide bonds. The average Bonchev–Trinajstić information content (AvgIpc) is 3.98. The van der Waals surface area contributed by atoms with Crippen molar-refractivity contribution >= 4 is 45.3 Å². The number of aromatic nitrogens is 4.